The summed E-state index contributed by atoms with van der Waals surface area (Å²) in [5, 5.41) is 0. The lowest BCUT2D eigenvalue weighted by molar-refractivity contribution is 0.0457. The Bertz CT molecular complexity index is 838. The monoisotopic (exact) mass is 302 g/mol. The zero-order valence-corrected chi connectivity index (χ0v) is 11.7. The number of hydrogen-bond acceptors (Lipinski definition) is 3. The molecule has 0 amide bonds. The molecule has 3 aromatic rings. The topological polar surface area (TPSA) is 43.6 Å². The second kappa shape index (κ2) is 5.55. The van der Waals surface area contributed by atoms with Crippen molar-refractivity contribution in [3.63, 3.8) is 0 Å². The second-order valence-corrected chi connectivity index (χ2v) is 4.88. The van der Waals surface area contributed by atoms with Crippen LogP contribution in [0.3, 0.4) is 0 Å². The maximum absolute atomic E-state index is 13.5. The van der Waals surface area contributed by atoms with Crippen molar-refractivity contribution in [1.29, 1.82) is 0 Å². The molecule has 0 radical (unpaired) electrons. The van der Waals surface area contributed by atoms with Crippen LogP contribution < -0.4 is 0 Å². The number of benzene rings is 1. The van der Waals surface area contributed by atoms with Crippen molar-refractivity contribution >= 4 is 11.6 Å². The average molecular weight is 302 g/mol. The van der Waals surface area contributed by atoms with Crippen LogP contribution in [-0.2, 0) is 11.3 Å². The fraction of sp³-hybridized carbons (Fsp3) is 0.125. The Balaban J connectivity index is 1.77. The standard InChI is InChI=1S/C16H12F2N2O2/c1-10-5-6-14-19-11(8-20(14)7-10)9-22-16(21)15-12(17)3-2-4-13(15)18/h2-8H,9H2,1H3. The first-order chi connectivity index (χ1) is 10.5. The van der Waals surface area contributed by atoms with E-state index in [0.717, 1.165) is 17.7 Å². The number of carbonyl (C=O) groups is 1. The van der Waals surface area contributed by atoms with E-state index in [1.165, 1.54) is 6.07 Å². The molecule has 2 aromatic heterocycles. The summed E-state index contributed by atoms with van der Waals surface area (Å²) < 4.78 is 33.7. The summed E-state index contributed by atoms with van der Waals surface area (Å²) in [5.74, 6) is -2.95. The molecule has 0 aliphatic carbocycles. The third kappa shape index (κ3) is 2.67. The SMILES string of the molecule is Cc1ccc2nc(COC(=O)c3c(F)cccc3F)cn2c1. The average Bonchev–Trinajstić information content (AvgIpc) is 2.87. The fourth-order valence-electron chi connectivity index (χ4n) is 2.13. The van der Waals surface area contributed by atoms with Crippen molar-refractivity contribution in [2.45, 2.75) is 13.5 Å². The highest BCUT2D eigenvalue weighted by Crippen LogP contribution is 2.15. The molecule has 0 saturated heterocycles. The zero-order chi connectivity index (χ0) is 15.7. The summed E-state index contributed by atoms with van der Waals surface area (Å²) in [6.07, 6.45) is 3.58. The minimum atomic E-state index is -1.05. The first kappa shape index (κ1) is 14.2. The van der Waals surface area contributed by atoms with Crippen molar-refractivity contribution in [3.05, 3.63) is 71.2 Å². The summed E-state index contributed by atoms with van der Waals surface area (Å²) in [6.45, 7) is 1.79. The van der Waals surface area contributed by atoms with Crippen LogP contribution in [0.1, 0.15) is 21.6 Å². The van der Waals surface area contributed by atoms with Gasteiger partial charge in [0.15, 0.2) is 0 Å². The molecule has 0 N–H and O–H groups in total. The summed E-state index contributed by atoms with van der Waals surface area (Å²) >= 11 is 0. The van der Waals surface area contributed by atoms with Gasteiger partial charge in [0.1, 0.15) is 29.5 Å². The zero-order valence-electron chi connectivity index (χ0n) is 11.7. The van der Waals surface area contributed by atoms with Crippen LogP contribution in [0.5, 0.6) is 0 Å². The molecule has 0 saturated carbocycles. The molecule has 0 aliphatic rings. The van der Waals surface area contributed by atoms with Gasteiger partial charge in [-0.1, -0.05) is 12.1 Å². The van der Waals surface area contributed by atoms with Gasteiger partial charge >= 0.3 is 5.97 Å². The number of aromatic nitrogens is 2. The molecule has 0 atom stereocenters. The van der Waals surface area contributed by atoms with Gasteiger partial charge in [0, 0.05) is 12.4 Å². The molecule has 0 fully saturated rings. The van der Waals surface area contributed by atoms with E-state index >= 15 is 0 Å². The van der Waals surface area contributed by atoms with E-state index in [-0.39, 0.29) is 6.61 Å². The van der Waals surface area contributed by atoms with Crippen molar-refractivity contribution in [1.82, 2.24) is 9.38 Å². The number of fused-ring (bicyclic) bond motifs is 1. The molecule has 6 heteroatoms. The van der Waals surface area contributed by atoms with E-state index in [2.05, 4.69) is 4.98 Å². The predicted octanol–water partition coefficient (Wildman–Crippen LogP) is 3.28. The normalized spacial score (nSPS) is 10.9. The Labute approximate surface area is 125 Å². The first-order valence-corrected chi connectivity index (χ1v) is 6.60. The largest absolute Gasteiger partial charge is 0.455 e. The molecule has 0 bridgehead atoms. The van der Waals surface area contributed by atoms with Crippen LogP contribution in [0.25, 0.3) is 5.65 Å². The summed E-state index contributed by atoms with van der Waals surface area (Å²) in [4.78, 5) is 16.1. The van der Waals surface area contributed by atoms with Gasteiger partial charge in [0.25, 0.3) is 0 Å². The predicted molar refractivity (Wildman–Crippen MR) is 75.4 cm³/mol. The van der Waals surface area contributed by atoms with Gasteiger partial charge in [-0.05, 0) is 30.7 Å². The molecular formula is C16H12F2N2O2. The summed E-state index contributed by atoms with van der Waals surface area (Å²) in [6, 6.07) is 6.94. The van der Waals surface area contributed by atoms with Gasteiger partial charge in [0.2, 0.25) is 0 Å². The Morgan fingerprint density at radius 2 is 1.91 bits per heavy atom. The van der Waals surface area contributed by atoms with Crippen molar-refractivity contribution in [2.75, 3.05) is 0 Å². The van der Waals surface area contributed by atoms with Crippen molar-refractivity contribution in [3.8, 4) is 0 Å². The minimum Gasteiger partial charge on any atom is -0.455 e. The molecule has 22 heavy (non-hydrogen) atoms. The van der Waals surface area contributed by atoms with Gasteiger partial charge in [-0.3, -0.25) is 0 Å². The van der Waals surface area contributed by atoms with E-state index < -0.39 is 23.2 Å². The number of hydrogen-bond donors (Lipinski definition) is 0. The molecule has 2 heterocycles. The number of rotatable bonds is 3. The fourth-order valence-corrected chi connectivity index (χ4v) is 2.13. The Morgan fingerprint density at radius 1 is 1.18 bits per heavy atom. The molecule has 4 nitrogen and oxygen atoms in total. The van der Waals surface area contributed by atoms with Crippen LogP contribution in [-0.4, -0.2) is 15.4 Å². The van der Waals surface area contributed by atoms with E-state index in [0.29, 0.717) is 11.3 Å². The van der Waals surface area contributed by atoms with E-state index in [9.17, 15) is 13.6 Å². The van der Waals surface area contributed by atoms with Crippen LogP contribution in [0, 0.1) is 18.6 Å². The lowest BCUT2D eigenvalue weighted by Crippen LogP contribution is -2.10. The molecule has 3 rings (SSSR count). The molecular weight excluding hydrogens is 290 g/mol. The lowest BCUT2D eigenvalue weighted by Gasteiger charge is -2.04. The van der Waals surface area contributed by atoms with Gasteiger partial charge in [-0.2, -0.15) is 0 Å². The molecule has 0 unspecified atom stereocenters. The number of pyridine rings is 1. The van der Waals surface area contributed by atoms with Gasteiger partial charge in [-0.25, -0.2) is 18.6 Å². The maximum Gasteiger partial charge on any atom is 0.344 e. The molecule has 1 aromatic carbocycles. The number of aryl methyl sites for hydroxylation is 1. The number of nitrogens with zero attached hydrogens (tertiary/aromatic N) is 2. The Hall–Kier alpha value is -2.76. The van der Waals surface area contributed by atoms with E-state index in [4.69, 9.17) is 4.74 Å². The van der Waals surface area contributed by atoms with Gasteiger partial charge in [-0.15, -0.1) is 0 Å². The molecule has 0 spiro atoms. The number of carbonyl (C=O) groups excluding carboxylic acids is 1. The highest BCUT2D eigenvalue weighted by Gasteiger charge is 2.18. The lowest BCUT2D eigenvalue weighted by atomic mass is 10.2. The quantitative estimate of drug-likeness (QED) is 0.697. The minimum absolute atomic E-state index is 0.159. The smallest absolute Gasteiger partial charge is 0.344 e. The summed E-state index contributed by atoms with van der Waals surface area (Å²) in [7, 11) is 0. The van der Waals surface area contributed by atoms with Crippen molar-refractivity contribution in [2.24, 2.45) is 0 Å². The molecule has 0 aliphatic heterocycles. The molecule has 112 valence electrons. The highest BCUT2D eigenvalue weighted by atomic mass is 19.1. The van der Waals surface area contributed by atoms with Crippen LogP contribution in [0.4, 0.5) is 8.78 Å². The van der Waals surface area contributed by atoms with Gasteiger partial charge < -0.3 is 9.14 Å². The van der Waals surface area contributed by atoms with Crippen LogP contribution in [0.2, 0.25) is 0 Å². The van der Waals surface area contributed by atoms with Gasteiger partial charge in [0.05, 0.1) is 5.69 Å². The number of imidazole rings is 1. The third-order valence-electron chi connectivity index (χ3n) is 3.17. The third-order valence-corrected chi connectivity index (χ3v) is 3.17. The number of esters is 1. The van der Waals surface area contributed by atoms with E-state index in [1.807, 2.05) is 25.3 Å². The van der Waals surface area contributed by atoms with Crippen LogP contribution >= 0.6 is 0 Å². The van der Waals surface area contributed by atoms with E-state index in [1.54, 1.807) is 10.6 Å². The van der Waals surface area contributed by atoms with Crippen molar-refractivity contribution < 1.29 is 18.3 Å². The highest BCUT2D eigenvalue weighted by molar-refractivity contribution is 5.89. The first-order valence-electron chi connectivity index (χ1n) is 6.60. The number of halogens is 2. The second-order valence-electron chi connectivity index (χ2n) is 4.88. The Kier molecular flexibility index (Phi) is 3.58. The number of ether oxygens (including phenoxy) is 1. The maximum atomic E-state index is 13.5. The van der Waals surface area contributed by atoms with Crippen LogP contribution in [0.15, 0.2) is 42.7 Å². The Morgan fingerprint density at radius 3 is 2.64 bits per heavy atom. The summed E-state index contributed by atoms with van der Waals surface area (Å²) in [5.41, 5.74) is 1.56.